The standard InChI is InChI=1S/C7H14O2.C2H7N/c1-2-9-7-4-3-5-8-6-7;1-3-2/h7H,2-6H2,1H3;3H,1-2H3. The summed E-state index contributed by atoms with van der Waals surface area (Å²) >= 11 is 0. The highest BCUT2D eigenvalue weighted by Crippen LogP contribution is 2.08. The Labute approximate surface area is 75.4 Å². The maximum atomic E-state index is 5.36. The van der Waals surface area contributed by atoms with E-state index in [4.69, 9.17) is 9.47 Å². The van der Waals surface area contributed by atoms with Crippen molar-refractivity contribution in [2.75, 3.05) is 33.9 Å². The summed E-state index contributed by atoms with van der Waals surface area (Å²) < 4.78 is 10.6. The van der Waals surface area contributed by atoms with E-state index >= 15 is 0 Å². The Morgan fingerprint density at radius 3 is 2.58 bits per heavy atom. The van der Waals surface area contributed by atoms with Crippen molar-refractivity contribution in [1.29, 1.82) is 0 Å². The highest BCUT2D eigenvalue weighted by molar-refractivity contribution is 4.60. The molecular weight excluding hydrogens is 154 g/mol. The minimum Gasteiger partial charge on any atom is -0.379 e. The normalized spacial score (nSPS) is 22.8. The van der Waals surface area contributed by atoms with Gasteiger partial charge in [-0.25, -0.2) is 0 Å². The molecule has 1 aliphatic heterocycles. The fourth-order valence-electron chi connectivity index (χ4n) is 1.08. The Bertz CT molecular complexity index is 79.8. The average Bonchev–Trinajstić information content (AvgIpc) is 2.08. The Balaban J connectivity index is 0.000000354. The van der Waals surface area contributed by atoms with Crippen LogP contribution in [-0.2, 0) is 9.47 Å². The van der Waals surface area contributed by atoms with Crippen LogP contribution in [-0.4, -0.2) is 40.0 Å². The molecule has 0 saturated carbocycles. The molecule has 0 spiro atoms. The summed E-state index contributed by atoms with van der Waals surface area (Å²) in [6.45, 7) is 4.56. The zero-order valence-corrected chi connectivity index (χ0v) is 8.43. The van der Waals surface area contributed by atoms with Gasteiger partial charge in [-0.2, -0.15) is 0 Å². The van der Waals surface area contributed by atoms with Crippen molar-refractivity contribution in [1.82, 2.24) is 5.32 Å². The van der Waals surface area contributed by atoms with Gasteiger partial charge in [-0.05, 0) is 33.9 Å². The van der Waals surface area contributed by atoms with Gasteiger partial charge in [-0.15, -0.1) is 0 Å². The molecule has 0 aromatic carbocycles. The van der Waals surface area contributed by atoms with Crippen molar-refractivity contribution in [2.45, 2.75) is 25.9 Å². The van der Waals surface area contributed by atoms with Crippen molar-refractivity contribution in [3.63, 3.8) is 0 Å². The Morgan fingerprint density at radius 2 is 2.17 bits per heavy atom. The van der Waals surface area contributed by atoms with Crippen molar-refractivity contribution < 1.29 is 9.47 Å². The lowest BCUT2D eigenvalue weighted by Crippen LogP contribution is -2.25. The molecule has 1 aliphatic rings. The Hall–Kier alpha value is -0.120. The van der Waals surface area contributed by atoms with Crippen LogP contribution in [0.25, 0.3) is 0 Å². The minimum atomic E-state index is 0.378. The summed E-state index contributed by atoms with van der Waals surface area (Å²) in [4.78, 5) is 0. The summed E-state index contributed by atoms with van der Waals surface area (Å²) in [5.74, 6) is 0. The molecule has 3 nitrogen and oxygen atoms in total. The lowest BCUT2D eigenvalue weighted by atomic mass is 10.2. The zero-order valence-electron chi connectivity index (χ0n) is 8.43. The van der Waals surface area contributed by atoms with Crippen molar-refractivity contribution >= 4 is 0 Å². The number of hydrogen-bond donors (Lipinski definition) is 1. The van der Waals surface area contributed by atoms with Gasteiger partial charge < -0.3 is 14.8 Å². The quantitative estimate of drug-likeness (QED) is 0.680. The van der Waals surface area contributed by atoms with Crippen LogP contribution in [0.3, 0.4) is 0 Å². The largest absolute Gasteiger partial charge is 0.379 e. The first-order valence-corrected chi connectivity index (χ1v) is 4.63. The summed E-state index contributed by atoms with van der Waals surface area (Å²) in [6, 6.07) is 0. The SMILES string of the molecule is CCOC1CCCOC1.CNC. The topological polar surface area (TPSA) is 30.5 Å². The van der Waals surface area contributed by atoms with Gasteiger partial charge in [0, 0.05) is 13.2 Å². The molecule has 74 valence electrons. The highest BCUT2D eigenvalue weighted by atomic mass is 16.5. The first-order valence-electron chi connectivity index (χ1n) is 4.63. The van der Waals surface area contributed by atoms with Crippen molar-refractivity contribution in [3.8, 4) is 0 Å². The van der Waals surface area contributed by atoms with Gasteiger partial charge >= 0.3 is 0 Å². The van der Waals surface area contributed by atoms with E-state index in [1.54, 1.807) is 0 Å². The van der Waals surface area contributed by atoms with E-state index in [0.29, 0.717) is 6.10 Å². The smallest absolute Gasteiger partial charge is 0.0809 e. The molecule has 12 heavy (non-hydrogen) atoms. The van der Waals surface area contributed by atoms with Crippen LogP contribution in [0.2, 0.25) is 0 Å². The van der Waals surface area contributed by atoms with Crippen molar-refractivity contribution in [2.24, 2.45) is 0 Å². The van der Waals surface area contributed by atoms with E-state index in [0.717, 1.165) is 26.2 Å². The third-order valence-electron chi connectivity index (χ3n) is 1.52. The van der Waals surface area contributed by atoms with Gasteiger partial charge in [0.25, 0.3) is 0 Å². The molecule has 0 radical (unpaired) electrons. The van der Waals surface area contributed by atoms with E-state index in [9.17, 15) is 0 Å². The maximum Gasteiger partial charge on any atom is 0.0809 e. The highest BCUT2D eigenvalue weighted by Gasteiger charge is 2.12. The molecule has 1 rings (SSSR count). The van der Waals surface area contributed by atoms with Gasteiger partial charge in [0.15, 0.2) is 0 Å². The molecule has 0 aliphatic carbocycles. The van der Waals surface area contributed by atoms with E-state index in [1.807, 2.05) is 21.0 Å². The molecule has 1 unspecified atom stereocenters. The molecule has 0 bridgehead atoms. The second-order valence-corrected chi connectivity index (χ2v) is 2.79. The summed E-state index contributed by atoms with van der Waals surface area (Å²) in [5, 5.41) is 2.75. The van der Waals surface area contributed by atoms with Gasteiger partial charge in [0.1, 0.15) is 0 Å². The van der Waals surface area contributed by atoms with Crippen molar-refractivity contribution in [3.05, 3.63) is 0 Å². The third kappa shape index (κ3) is 6.58. The molecule has 1 atom stereocenters. The first-order chi connectivity index (χ1) is 5.85. The van der Waals surface area contributed by atoms with Crippen LogP contribution in [0.5, 0.6) is 0 Å². The predicted octanol–water partition coefficient (Wildman–Crippen LogP) is 1.04. The Kier molecular flexibility index (Phi) is 8.88. The lowest BCUT2D eigenvalue weighted by molar-refractivity contribution is -0.0457. The van der Waals surface area contributed by atoms with Crippen LogP contribution in [0.4, 0.5) is 0 Å². The fourth-order valence-corrected chi connectivity index (χ4v) is 1.08. The number of hydrogen-bond acceptors (Lipinski definition) is 3. The molecular formula is C9H21NO2. The summed E-state index contributed by atoms with van der Waals surface area (Å²) in [6.07, 6.45) is 2.71. The number of rotatable bonds is 2. The third-order valence-corrected chi connectivity index (χ3v) is 1.52. The molecule has 0 amide bonds. The van der Waals surface area contributed by atoms with E-state index in [1.165, 1.54) is 6.42 Å². The number of nitrogens with one attached hydrogen (secondary N) is 1. The van der Waals surface area contributed by atoms with Crippen LogP contribution in [0.1, 0.15) is 19.8 Å². The predicted molar refractivity (Wildman–Crippen MR) is 50.5 cm³/mol. The van der Waals surface area contributed by atoms with Gasteiger partial charge in [0.2, 0.25) is 0 Å². The first kappa shape index (κ1) is 11.9. The summed E-state index contributed by atoms with van der Waals surface area (Å²) in [5.41, 5.74) is 0. The zero-order chi connectivity index (χ0) is 9.23. The molecule has 1 heterocycles. The minimum absolute atomic E-state index is 0.378. The van der Waals surface area contributed by atoms with Crippen LogP contribution in [0.15, 0.2) is 0 Å². The van der Waals surface area contributed by atoms with Gasteiger partial charge in [-0.1, -0.05) is 0 Å². The van der Waals surface area contributed by atoms with E-state index < -0.39 is 0 Å². The molecule has 1 fully saturated rings. The average molecular weight is 175 g/mol. The molecule has 0 aromatic rings. The van der Waals surface area contributed by atoms with E-state index in [2.05, 4.69) is 5.32 Å². The molecule has 1 N–H and O–H groups in total. The van der Waals surface area contributed by atoms with Crippen LogP contribution >= 0.6 is 0 Å². The molecule has 3 heteroatoms. The Morgan fingerprint density at radius 1 is 1.50 bits per heavy atom. The maximum absolute atomic E-state index is 5.36. The van der Waals surface area contributed by atoms with Gasteiger partial charge in [0.05, 0.1) is 12.7 Å². The second-order valence-electron chi connectivity index (χ2n) is 2.79. The van der Waals surface area contributed by atoms with E-state index in [-0.39, 0.29) is 0 Å². The molecule has 1 saturated heterocycles. The van der Waals surface area contributed by atoms with Gasteiger partial charge in [-0.3, -0.25) is 0 Å². The fraction of sp³-hybridized carbons (Fsp3) is 1.00. The monoisotopic (exact) mass is 175 g/mol. The lowest BCUT2D eigenvalue weighted by Gasteiger charge is -2.21. The second kappa shape index (κ2) is 8.97. The number of ether oxygens (including phenoxy) is 2. The molecule has 0 aromatic heterocycles. The van der Waals surface area contributed by atoms with Crippen LogP contribution < -0.4 is 5.32 Å². The van der Waals surface area contributed by atoms with Crippen LogP contribution in [0, 0.1) is 0 Å². The summed E-state index contributed by atoms with van der Waals surface area (Å²) in [7, 11) is 3.75.